The summed E-state index contributed by atoms with van der Waals surface area (Å²) in [4.78, 5) is 14.0. The molecular formula is C20H27N5O2S. The number of thiol groups is 1. The number of rotatable bonds is 5. The van der Waals surface area contributed by atoms with Crippen LogP contribution in [0.25, 0.3) is 0 Å². The number of aromatic nitrogens is 2. The average Bonchev–Trinajstić information content (AvgIpc) is 3.16. The minimum atomic E-state index is -1.77. The second-order valence-corrected chi connectivity index (χ2v) is 8.82. The van der Waals surface area contributed by atoms with Crippen molar-refractivity contribution >= 4 is 16.5 Å². The van der Waals surface area contributed by atoms with Gasteiger partial charge < -0.3 is 9.64 Å². The van der Waals surface area contributed by atoms with Gasteiger partial charge in [0.1, 0.15) is 5.75 Å². The van der Waals surface area contributed by atoms with Gasteiger partial charge in [-0.3, -0.25) is 4.90 Å². The largest absolute Gasteiger partial charge is 0.493 e. The van der Waals surface area contributed by atoms with Gasteiger partial charge in [-0.1, -0.05) is 12.1 Å². The molecule has 2 aliphatic heterocycles. The molecule has 0 saturated carbocycles. The summed E-state index contributed by atoms with van der Waals surface area (Å²) in [7, 11) is -1.77. The topological polar surface area (TPSA) is 70.9 Å². The summed E-state index contributed by atoms with van der Waals surface area (Å²) in [5, 5.41) is 0. The van der Waals surface area contributed by atoms with Crippen molar-refractivity contribution in [3.05, 3.63) is 41.7 Å². The zero-order chi connectivity index (χ0) is 19.5. The number of hydrogen-bond donors (Lipinski definition) is 1. The molecule has 2 aliphatic rings. The van der Waals surface area contributed by atoms with Gasteiger partial charge in [-0.15, -0.1) is 0 Å². The average molecular weight is 402 g/mol. The zero-order valence-corrected chi connectivity index (χ0v) is 17.3. The SMILES string of the molecule is CC(C)N=[SH](=O)c1cnc(N2CCN(Cc3ccc4c(c3)OCC4)CC2)nc1. The molecule has 0 N–H and O–H groups in total. The van der Waals surface area contributed by atoms with Crippen molar-refractivity contribution < 1.29 is 8.95 Å². The maximum absolute atomic E-state index is 12.1. The Bertz CT molecular complexity index is 901. The molecule has 28 heavy (non-hydrogen) atoms. The number of fused-ring (bicyclic) bond motifs is 1. The normalized spacial score (nSPS) is 18.3. The molecule has 7 nitrogen and oxygen atoms in total. The van der Waals surface area contributed by atoms with Gasteiger partial charge in [0.15, 0.2) is 0 Å². The van der Waals surface area contributed by atoms with E-state index in [4.69, 9.17) is 4.74 Å². The molecule has 4 rings (SSSR count). The summed E-state index contributed by atoms with van der Waals surface area (Å²) in [5.74, 6) is 1.74. The van der Waals surface area contributed by atoms with Gasteiger partial charge >= 0.3 is 0 Å². The minimum absolute atomic E-state index is 0.0357. The van der Waals surface area contributed by atoms with E-state index in [1.807, 2.05) is 13.8 Å². The van der Waals surface area contributed by atoms with E-state index in [1.165, 1.54) is 11.1 Å². The monoisotopic (exact) mass is 401 g/mol. The van der Waals surface area contributed by atoms with Gasteiger partial charge in [0.25, 0.3) is 0 Å². The van der Waals surface area contributed by atoms with Crippen LogP contribution in [0.15, 0.2) is 39.9 Å². The molecular weight excluding hydrogens is 374 g/mol. The number of benzene rings is 1. The molecule has 1 saturated heterocycles. The van der Waals surface area contributed by atoms with Crippen LogP contribution in [0.4, 0.5) is 5.95 Å². The summed E-state index contributed by atoms with van der Waals surface area (Å²) in [6, 6.07) is 6.62. The van der Waals surface area contributed by atoms with Crippen LogP contribution in [0.1, 0.15) is 25.0 Å². The lowest BCUT2D eigenvalue weighted by Gasteiger charge is -2.34. The Labute approximate surface area is 168 Å². The predicted octanol–water partition coefficient (Wildman–Crippen LogP) is 2.17. The smallest absolute Gasteiger partial charge is 0.225 e. The molecule has 1 fully saturated rings. The Kier molecular flexibility index (Phi) is 5.77. The van der Waals surface area contributed by atoms with Crippen molar-refractivity contribution in [3.8, 4) is 5.75 Å². The molecule has 0 spiro atoms. The number of piperazine rings is 1. The molecule has 8 heteroatoms. The van der Waals surface area contributed by atoms with E-state index < -0.39 is 10.6 Å². The lowest BCUT2D eigenvalue weighted by molar-refractivity contribution is 0.248. The van der Waals surface area contributed by atoms with Crippen molar-refractivity contribution in [2.75, 3.05) is 37.7 Å². The highest BCUT2D eigenvalue weighted by molar-refractivity contribution is 7.75. The first-order valence-corrected chi connectivity index (χ1v) is 11.0. The van der Waals surface area contributed by atoms with Crippen molar-refractivity contribution in [1.82, 2.24) is 14.9 Å². The molecule has 0 radical (unpaired) electrons. The van der Waals surface area contributed by atoms with Crippen molar-refractivity contribution in [2.45, 2.75) is 37.8 Å². The van der Waals surface area contributed by atoms with Gasteiger partial charge in [-0.05, 0) is 31.0 Å². The van der Waals surface area contributed by atoms with Gasteiger partial charge in [0.05, 0.1) is 28.1 Å². The zero-order valence-electron chi connectivity index (χ0n) is 16.4. The molecule has 1 unspecified atom stereocenters. The second-order valence-electron chi connectivity index (χ2n) is 7.53. The maximum atomic E-state index is 12.1. The molecule has 0 amide bonds. The van der Waals surface area contributed by atoms with Crippen molar-refractivity contribution in [1.29, 1.82) is 0 Å². The number of hydrogen-bond acceptors (Lipinski definition) is 7. The first kappa shape index (κ1) is 19.1. The first-order valence-electron chi connectivity index (χ1n) is 9.80. The number of anilines is 1. The fraction of sp³-hybridized carbons (Fsp3) is 0.500. The van der Waals surface area contributed by atoms with Crippen LogP contribution < -0.4 is 9.64 Å². The quantitative estimate of drug-likeness (QED) is 0.775. The highest BCUT2D eigenvalue weighted by Crippen LogP contribution is 2.27. The number of nitrogens with zero attached hydrogens (tertiary/aromatic N) is 5. The van der Waals surface area contributed by atoms with Gasteiger partial charge in [-0.25, -0.2) is 18.5 Å². The van der Waals surface area contributed by atoms with Gasteiger partial charge in [0, 0.05) is 51.5 Å². The molecule has 1 aromatic carbocycles. The van der Waals surface area contributed by atoms with Crippen LogP contribution >= 0.6 is 0 Å². The van der Waals surface area contributed by atoms with Crippen LogP contribution in [-0.2, 0) is 23.6 Å². The summed E-state index contributed by atoms with van der Waals surface area (Å²) in [6.07, 6.45) is 4.31. The van der Waals surface area contributed by atoms with Crippen LogP contribution in [0.5, 0.6) is 5.75 Å². The van der Waals surface area contributed by atoms with E-state index in [9.17, 15) is 4.21 Å². The van der Waals surface area contributed by atoms with E-state index in [0.29, 0.717) is 10.8 Å². The molecule has 0 bridgehead atoms. The lowest BCUT2D eigenvalue weighted by atomic mass is 10.1. The second kappa shape index (κ2) is 8.45. The Morgan fingerprint density at radius 1 is 1.18 bits per heavy atom. The van der Waals surface area contributed by atoms with E-state index in [0.717, 1.165) is 51.5 Å². The molecule has 0 aliphatic carbocycles. The minimum Gasteiger partial charge on any atom is -0.493 e. The van der Waals surface area contributed by atoms with Gasteiger partial charge in [0.2, 0.25) is 5.95 Å². The molecule has 1 atom stereocenters. The third kappa shape index (κ3) is 4.44. The van der Waals surface area contributed by atoms with E-state index in [-0.39, 0.29) is 6.04 Å². The van der Waals surface area contributed by atoms with Gasteiger partial charge in [-0.2, -0.15) is 0 Å². The van der Waals surface area contributed by atoms with E-state index in [1.54, 1.807) is 12.4 Å². The summed E-state index contributed by atoms with van der Waals surface area (Å²) < 4.78 is 21.9. The Morgan fingerprint density at radius 3 is 2.64 bits per heavy atom. The maximum Gasteiger partial charge on any atom is 0.225 e. The fourth-order valence-corrected chi connectivity index (χ4v) is 4.39. The standard InChI is InChI=1S/C20H27N5O2S/c1-15(2)23-28(26)18-12-21-20(22-13-18)25-8-6-24(7-9-25)14-16-3-4-17-5-10-27-19(17)11-16/h3-4,11-13,15,28H,5-10,14H2,1-2H3. The lowest BCUT2D eigenvalue weighted by Crippen LogP contribution is -2.46. The van der Waals surface area contributed by atoms with Crippen molar-refractivity contribution in [2.24, 2.45) is 4.36 Å². The third-order valence-electron chi connectivity index (χ3n) is 5.00. The van der Waals surface area contributed by atoms with Crippen LogP contribution in [-0.4, -0.2) is 57.9 Å². The first-order chi connectivity index (χ1) is 13.6. The Hall–Kier alpha value is -2.19. The van der Waals surface area contributed by atoms with E-state index in [2.05, 4.69) is 42.3 Å². The molecule has 2 aromatic rings. The van der Waals surface area contributed by atoms with Crippen LogP contribution in [0.2, 0.25) is 0 Å². The highest BCUT2D eigenvalue weighted by Gasteiger charge is 2.20. The molecule has 3 heterocycles. The Balaban J connectivity index is 1.33. The predicted molar refractivity (Wildman–Crippen MR) is 111 cm³/mol. The van der Waals surface area contributed by atoms with Crippen LogP contribution in [0.3, 0.4) is 0 Å². The third-order valence-corrected chi connectivity index (χ3v) is 6.35. The summed E-state index contributed by atoms with van der Waals surface area (Å²) in [5.41, 5.74) is 2.62. The highest BCUT2D eigenvalue weighted by atomic mass is 32.2. The van der Waals surface area contributed by atoms with E-state index >= 15 is 0 Å². The molecule has 150 valence electrons. The van der Waals surface area contributed by atoms with Crippen molar-refractivity contribution in [3.63, 3.8) is 0 Å². The number of ether oxygens (including phenoxy) is 1. The Morgan fingerprint density at radius 2 is 1.93 bits per heavy atom. The van der Waals surface area contributed by atoms with Crippen LogP contribution in [0, 0.1) is 0 Å². The summed E-state index contributed by atoms with van der Waals surface area (Å²) >= 11 is 0. The fourth-order valence-electron chi connectivity index (χ4n) is 3.53. The summed E-state index contributed by atoms with van der Waals surface area (Å²) in [6.45, 7) is 9.24. The molecule has 1 aromatic heterocycles.